The zero-order valence-corrected chi connectivity index (χ0v) is 10.4. The van der Waals surface area contributed by atoms with Crippen molar-refractivity contribution in [1.82, 2.24) is 0 Å². The molecule has 0 spiro atoms. The molecule has 0 saturated heterocycles. The Balaban J connectivity index is 2.43. The molecule has 0 saturated carbocycles. The third-order valence-electron chi connectivity index (χ3n) is 3.04. The summed E-state index contributed by atoms with van der Waals surface area (Å²) >= 11 is 6.09. The van der Waals surface area contributed by atoms with Gasteiger partial charge in [-0.3, -0.25) is 0 Å². The summed E-state index contributed by atoms with van der Waals surface area (Å²) in [5, 5.41) is 12.6. The number of phenols is 1. The molecular weight excluding hydrogens is 244 g/mol. The van der Waals surface area contributed by atoms with E-state index in [1.54, 1.807) is 6.07 Å². The van der Waals surface area contributed by atoms with Crippen molar-refractivity contribution in [2.75, 3.05) is 0 Å². The molecule has 0 radical (unpaired) electrons. The van der Waals surface area contributed by atoms with Crippen LogP contribution in [0, 0.1) is 0 Å². The number of hydrogen-bond donors (Lipinski definition) is 1. The van der Waals surface area contributed by atoms with E-state index in [1.165, 1.54) is 0 Å². The molecular formula is C16H11ClO. The van der Waals surface area contributed by atoms with Crippen molar-refractivity contribution in [2.24, 2.45) is 0 Å². The summed E-state index contributed by atoms with van der Waals surface area (Å²) < 4.78 is 0. The van der Waals surface area contributed by atoms with Crippen molar-refractivity contribution in [3.05, 3.63) is 65.7 Å². The Bertz CT molecular complexity index is 705. The van der Waals surface area contributed by atoms with Crippen molar-refractivity contribution in [3.8, 4) is 16.9 Å². The van der Waals surface area contributed by atoms with Gasteiger partial charge in [-0.05, 0) is 22.4 Å². The molecule has 0 aliphatic heterocycles. The minimum Gasteiger partial charge on any atom is -0.506 e. The van der Waals surface area contributed by atoms with Crippen LogP contribution in [-0.4, -0.2) is 5.11 Å². The number of fused-ring (bicyclic) bond motifs is 1. The second kappa shape index (κ2) is 4.35. The summed E-state index contributed by atoms with van der Waals surface area (Å²) in [5.41, 5.74) is 1.76. The van der Waals surface area contributed by atoms with Gasteiger partial charge in [-0.15, -0.1) is 0 Å². The predicted octanol–water partition coefficient (Wildman–Crippen LogP) is 4.87. The monoisotopic (exact) mass is 254 g/mol. The maximum atomic E-state index is 10.2. The lowest BCUT2D eigenvalue weighted by Crippen LogP contribution is -1.84. The molecule has 0 bridgehead atoms. The molecule has 1 nitrogen and oxygen atoms in total. The Morgan fingerprint density at radius 2 is 1.50 bits per heavy atom. The quantitative estimate of drug-likeness (QED) is 0.657. The van der Waals surface area contributed by atoms with Crippen LogP contribution in [0.15, 0.2) is 60.7 Å². The van der Waals surface area contributed by atoms with Crippen molar-refractivity contribution in [2.45, 2.75) is 0 Å². The highest BCUT2D eigenvalue weighted by Crippen LogP contribution is 2.41. The average Bonchev–Trinajstić information content (AvgIpc) is 2.41. The number of phenolic OH excluding ortho intramolecular Hbond substituents is 1. The van der Waals surface area contributed by atoms with E-state index >= 15 is 0 Å². The van der Waals surface area contributed by atoms with Crippen LogP contribution in [0.2, 0.25) is 5.02 Å². The summed E-state index contributed by atoms with van der Waals surface area (Å²) in [6.45, 7) is 0. The summed E-state index contributed by atoms with van der Waals surface area (Å²) in [5.74, 6) is 0.140. The molecule has 0 aliphatic rings. The van der Waals surface area contributed by atoms with Crippen LogP contribution < -0.4 is 0 Å². The maximum Gasteiger partial charge on any atom is 0.142 e. The van der Waals surface area contributed by atoms with Crippen molar-refractivity contribution in [3.63, 3.8) is 0 Å². The first-order chi connectivity index (χ1) is 8.77. The average molecular weight is 255 g/mol. The third kappa shape index (κ3) is 1.73. The van der Waals surface area contributed by atoms with Crippen molar-refractivity contribution < 1.29 is 5.11 Å². The smallest absolute Gasteiger partial charge is 0.142 e. The van der Waals surface area contributed by atoms with Gasteiger partial charge in [-0.25, -0.2) is 0 Å². The minimum atomic E-state index is 0.140. The number of halogens is 1. The highest BCUT2D eigenvalue weighted by atomic mass is 35.5. The van der Waals surface area contributed by atoms with E-state index < -0.39 is 0 Å². The maximum absolute atomic E-state index is 10.2. The lowest BCUT2D eigenvalue weighted by molar-refractivity contribution is 0.478. The van der Waals surface area contributed by atoms with Crippen LogP contribution in [0.4, 0.5) is 0 Å². The standard InChI is InChI=1S/C16H11ClO/c17-14-10-12-8-4-5-9-13(12)15(16(14)18)11-6-2-1-3-7-11/h1-10,18H. The van der Waals surface area contributed by atoms with Gasteiger partial charge in [0.15, 0.2) is 0 Å². The van der Waals surface area contributed by atoms with Gasteiger partial charge in [-0.1, -0.05) is 66.2 Å². The van der Waals surface area contributed by atoms with Crippen LogP contribution in [-0.2, 0) is 0 Å². The van der Waals surface area contributed by atoms with Crippen LogP contribution in [0.1, 0.15) is 0 Å². The molecule has 2 heteroatoms. The topological polar surface area (TPSA) is 20.2 Å². The fraction of sp³-hybridized carbons (Fsp3) is 0. The number of benzene rings is 3. The normalized spacial score (nSPS) is 10.7. The summed E-state index contributed by atoms with van der Waals surface area (Å²) in [6, 6.07) is 19.5. The molecule has 0 atom stereocenters. The van der Waals surface area contributed by atoms with E-state index in [9.17, 15) is 5.11 Å². The van der Waals surface area contributed by atoms with E-state index in [4.69, 9.17) is 11.6 Å². The Labute approximate surface area is 110 Å². The lowest BCUT2D eigenvalue weighted by atomic mass is 9.97. The zero-order valence-electron chi connectivity index (χ0n) is 9.60. The molecule has 0 amide bonds. The molecule has 88 valence electrons. The molecule has 0 aromatic heterocycles. The van der Waals surface area contributed by atoms with Gasteiger partial charge in [0.2, 0.25) is 0 Å². The van der Waals surface area contributed by atoms with E-state index in [2.05, 4.69) is 0 Å². The first-order valence-corrected chi connectivity index (χ1v) is 6.11. The van der Waals surface area contributed by atoms with E-state index in [0.717, 1.165) is 21.9 Å². The van der Waals surface area contributed by atoms with Gasteiger partial charge in [0, 0.05) is 5.56 Å². The minimum absolute atomic E-state index is 0.140. The van der Waals surface area contributed by atoms with Crippen molar-refractivity contribution in [1.29, 1.82) is 0 Å². The number of aromatic hydroxyl groups is 1. The Kier molecular flexibility index (Phi) is 2.69. The van der Waals surface area contributed by atoms with Crippen LogP contribution >= 0.6 is 11.6 Å². The van der Waals surface area contributed by atoms with Gasteiger partial charge in [0.1, 0.15) is 5.75 Å². The molecule has 1 N–H and O–H groups in total. The van der Waals surface area contributed by atoms with Crippen LogP contribution in [0.25, 0.3) is 21.9 Å². The largest absolute Gasteiger partial charge is 0.506 e. The summed E-state index contributed by atoms with van der Waals surface area (Å²) in [7, 11) is 0. The van der Waals surface area contributed by atoms with E-state index in [-0.39, 0.29) is 5.75 Å². The van der Waals surface area contributed by atoms with Gasteiger partial charge < -0.3 is 5.11 Å². The SMILES string of the molecule is Oc1c(Cl)cc2ccccc2c1-c1ccccc1. The lowest BCUT2D eigenvalue weighted by Gasteiger charge is -2.11. The highest BCUT2D eigenvalue weighted by Gasteiger charge is 2.12. The predicted molar refractivity (Wildman–Crippen MR) is 76.1 cm³/mol. The van der Waals surface area contributed by atoms with Gasteiger partial charge in [-0.2, -0.15) is 0 Å². The second-order valence-electron chi connectivity index (χ2n) is 4.17. The summed E-state index contributed by atoms with van der Waals surface area (Å²) in [4.78, 5) is 0. The Morgan fingerprint density at radius 1 is 0.833 bits per heavy atom. The third-order valence-corrected chi connectivity index (χ3v) is 3.33. The fourth-order valence-corrected chi connectivity index (χ4v) is 2.41. The number of hydrogen-bond acceptors (Lipinski definition) is 1. The Hall–Kier alpha value is -1.99. The second-order valence-corrected chi connectivity index (χ2v) is 4.58. The molecule has 18 heavy (non-hydrogen) atoms. The van der Waals surface area contributed by atoms with Crippen LogP contribution in [0.5, 0.6) is 5.75 Å². The first-order valence-electron chi connectivity index (χ1n) is 5.73. The van der Waals surface area contributed by atoms with E-state index in [1.807, 2.05) is 54.6 Å². The fourth-order valence-electron chi connectivity index (χ4n) is 2.20. The molecule has 3 aromatic carbocycles. The molecule has 0 heterocycles. The molecule has 0 fully saturated rings. The first kappa shape index (κ1) is 11.1. The number of rotatable bonds is 1. The van der Waals surface area contributed by atoms with Gasteiger partial charge >= 0.3 is 0 Å². The Morgan fingerprint density at radius 3 is 2.28 bits per heavy atom. The van der Waals surface area contributed by atoms with Gasteiger partial charge in [0.05, 0.1) is 5.02 Å². The molecule has 0 aliphatic carbocycles. The van der Waals surface area contributed by atoms with Crippen LogP contribution in [0.3, 0.4) is 0 Å². The van der Waals surface area contributed by atoms with Crippen molar-refractivity contribution >= 4 is 22.4 Å². The van der Waals surface area contributed by atoms with Gasteiger partial charge in [0.25, 0.3) is 0 Å². The summed E-state index contributed by atoms with van der Waals surface area (Å²) in [6.07, 6.45) is 0. The molecule has 0 unspecified atom stereocenters. The molecule has 3 rings (SSSR count). The zero-order chi connectivity index (χ0) is 12.5. The molecule has 3 aromatic rings. The highest BCUT2D eigenvalue weighted by molar-refractivity contribution is 6.33. The van der Waals surface area contributed by atoms with E-state index in [0.29, 0.717) is 5.02 Å².